The van der Waals surface area contributed by atoms with E-state index in [0.29, 0.717) is 19.6 Å². The van der Waals surface area contributed by atoms with Gasteiger partial charge in [0.15, 0.2) is 0 Å². The third kappa shape index (κ3) is 4.29. The molecule has 1 N–H and O–H groups in total. The molecule has 1 amide bonds. The zero-order chi connectivity index (χ0) is 17.8. The van der Waals surface area contributed by atoms with E-state index in [-0.39, 0.29) is 41.4 Å². The molecular formula is C19H21Cl2FN2O2. The summed E-state index contributed by atoms with van der Waals surface area (Å²) in [5.41, 5.74) is 1.18. The van der Waals surface area contributed by atoms with Crippen molar-refractivity contribution >= 4 is 29.9 Å². The van der Waals surface area contributed by atoms with Gasteiger partial charge in [-0.05, 0) is 18.2 Å². The average molecular weight is 399 g/mol. The maximum absolute atomic E-state index is 14.0. The number of nitrogens with zero attached hydrogens (tertiary/aromatic N) is 1. The second-order valence-corrected chi connectivity index (χ2v) is 6.33. The van der Waals surface area contributed by atoms with Crippen molar-refractivity contribution in [2.24, 2.45) is 0 Å². The molecule has 140 valence electrons. The van der Waals surface area contributed by atoms with Gasteiger partial charge in [-0.1, -0.05) is 35.9 Å². The van der Waals surface area contributed by atoms with Crippen LogP contribution in [0, 0.1) is 5.82 Å². The van der Waals surface area contributed by atoms with Gasteiger partial charge in [-0.25, -0.2) is 4.39 Å². The van der Waals surface area contributed by atoms with Crippen LogP contribution in [0.25, 0.3) is 0 Å². The van der Waals surface area contributed by atoms with Crippen LogP contribution in [0.1, 0.15) is 17.2 Å². The standard InChI is InChI=1S/C19H20ClFN2O2.ClH/c1-25-18-8-3-2-5-13(18)17-12-22-9-10-23(17)19(24)11-14-15(20)6-4-7-16(14)21;/h2-8,17,22H,9-12H2,1H3;1H. The average Bonchev–Trinajstić information content (AvgIpc) is 2.64. The Morgan fingerprint density at radius 3 is 2.81 bits per heavy atom. The van der Waals surface area contributed by atoms with Crippen molar-refractivity contribution in [3.8, 4) is 5.75 Å². The minimum atomic E-state index is -0.454. The van der Waals surface area contributed by atoms with E-state index in [1.165, 1.54) is 12.1 Å². The van der Waals surface area contributed by atoms with Crippen LogP contribution in [0.4, 0.5) is 4.39 Å². The zero-order valence-electron chi connectivity index (χ0n) is 14.4. The van der Waals surface area contributed by atoms with Crippen LogP contribution in [0.3, 0.4) is 0 Å². The molecule has 1 fully saturated rings. The predicted octanol–water partition coefficient (Wildman–Crippen LogP) is 3.63. The number of nitrogens with one attached hydrogen (secondary N) is 1. The van der Waals surface area contributed by atoms with Crippen LogP contribution in [-0.4, -0.2) is 37.6 Å². The van der Waals surface area contributed by atoms with Gasteiger partial charge in [0, 0.05) is 35.8 Å². The van der Waals surface area contributed by atoms with E-state index in [1.807, 2.05) is 24.3 Å². The summed E-state index contributed by atoms with van der Waals surface area (Å²) in [6.07, 6.45) is -0.0584. The number of methoxy groups -OCH3 is 1. The number of ether oxygens (including phenoxy) is 1. The van der Waals surface area contributed by atoms with Gasteiger partial charge in [0.25, 0.3) is 0 Å². The summed E-state index contributed by atoms with van der Waals surface area (Å²) in [6.45, 7) is 1.87. The summed E-state index contributed by atoms with van der Waals surface area (Å²) in [5, 5.41) is 3.58. The Kier molecular flexibility index (Phi) is 7.26. The quantitative estimate of drug-likeness (QED) is 0.854. The maximum Gasteiger partial charge on any atom is 0.227 e. The van der Waals surface area contributed by atoms with Crippen molar-refractivity contribution in [1.29, 1.82) is 0 Å². The second-order valence-electron chi connectivity index (χ2n) is 5.93. The molecule has 2 aromatic carbocycles. The number of carbonyl (C=O) groups excluding carboxylic acids is 1. The normalized spacial score (nSPS) is 16.7. The van der Waals surface area contributed by atoms with Gasteiger partial charge in [0.05, 0.1) is 19.6 Å². The minimum Gasteiger partial charge on any atom is -0.496 e. The summed E-state index contributed by atoms with van der Waals surface area (Å²) in [7, 11) is 1.61. The molecule has 1 heterocycles. The molecule has 26 heavy (non-hydrogen) atoms. The molecule has 3 rings (SSSR count). The fourth-order valence-corrected chi connectivity index (χ4v) is 3.41. The fraction of sp³-hybridized carbons (Fsp3) is 0.316. The SMILES string of the molecule is COc1ccccc1C1CNCCN1C(=O)Cc1c(F)cccc1Cl.Cl. The molecule has 7 heteroatoms. The highest BCUT2D eigenvalue weighted by Crippen LogP contribution is 2.31. The summed E-state index contributed by atoms with van der Waals surface area (Å²) < 4.78 is 19.5. The van der Waals surface area contributed by atoms with Gasteiger partial charge in [-0.15, -0.1) is 12.4 Å². The van der Waals surface area contributed by atoms with Gasteiger partial charge in [-0.3, -0.25) is 4.79 Å². The number of piperazine rings is 1. The highest BCUT2D eigenvalue weighted by atomic mass is 35.5. The summed E-state index contributed by atoms with van der Waals surface area (Å²) in [6, 6.07) is 11.9. The lowest BCUT2D eigenvalue weighted by Crippen LogP contribution is -2.49. The van der Waals surface area contributed by atoms with Crippen LogP contribution in [0.15, 0.2) is 42.5 Å². The number of para-hydroxylation sites is 1. The molecule has 1 atom stereocenters. The topological polar surface area (TPSA) is 41.6 Å². The number of carbonyl (C=O) groups is 1. The molecule has 1 unspecified atom stereocenters. The molecule has 0 spiro atoms. The van der Waals surface area contributed by atoms with E-state index < -0.39 is 5.82 Å². The van der Waals surface area contributed by atoms with Crippen LogP contribution in [-0.2, 0) is 11.2 Å². The zero-order valence-corrected chi connectivity index (χ0v) is 15.9. The minimum absolute atomic E-state index is 0. The Morgan fingerprint density at radius 2 is 2.08 bits per heavy atom. The lowest BCUT2D eigenvalue weighted by atomic mass is 10.0. The van der Waals surface area contributed by atoms with E-state index in [1.54, 1.807) is 18.1 Å². The maximum atomic E-state index is 14.0. The Morgan fingerprint density at radius 1 is 1.31 bits per heavy atom. The number of benzene rings is 2. The van der Waals surface area contributed by atoms with Crippen LogP contribution < -0.4 is 10.1 Å². The van der Waals surface area contributed by atoms with Crippen molar-refractivity contribution in [3.05, 3.63) is 64.4 Å². The molecule has 1 aliphatic rings. The first-order valence-corrected chi connectivity index (χ1v) is 8.55. The third-order valence-corrected chi connectivity index (χ3v) is 4.81. The first kappa shape index (κ1) is 20.5. The summed E-state index contributed by atoms with van der Waals surface area (Å²) >= 11 is 6.07. The third-order valence-electron chi connectivity index (χ3n) is 4.45. The smallest absolute Gasteiger partial charge is 0.227 e. The van der Waals surface area contributed by atoms with Crippen LogP contribution in [0.5, 0.6) is 5.75 Å². The molecule has 0 aliphatic carbocycles. The molecule has 4 nitrogen and oxygen atoms in total. The van der Waals surface area contributed by atoms with Crippen molar-refractivity contribution in [1.82, 2.24) is 10.2 Å². The lowest BCUT2D eigenvalue weighted by Gasteiger charge is -2.37. The fourth-order valence-electron chi connectivity index (χ4n) is 3.18. The number of hydrogen-bond acceptors (Lipinski definition) is 3. The number of rotatable bonds is 4. The van der Waals surface area contributed by atoms with Crippen LogP contribution >= 0.6 is 24.0 Å². The van der Waals surface area contributed by atoms with E-state index >= 15 is 0 Å². The largest absolute Gasteiger partial charge is 0.496 e. The molecule has 0 radical (unpaired) electrons. The molecular weight excluding hydrogens is 378 g/mol. The molecule has 0 saturated carbocycles. The van der Waals surface area contributed by atoms with Crippen molar-refractivity contribution in [3.63, 3.8) is 0 Å². The van der Waals surface area contributed by atoms with Crippen molar-refractivity contribution in [2.45, 2.75) is 12.5 Å². The van der Waals surface area contributed by atoms with E-state index in [0.717, 1.165) is 11.3 Å². The molecule has 0 bridgehead atoms. The van der Waals surface area contributed by atoms with E-state index in [9.17, 15) is 9.18 Å². The summed E-state index contributed by atoms with van der Waals surface area (Å²) in [5.74, 6) is 0.132. The Hall–Kier alpha value is -1.82. The predicted molar refractivity (Wildman–Crippen MR) is 103 cm³/mol. The number of hydrogen-bond donors (Lipinski definition) is 1. The Labute approximate surface area is 163 Å². The van der Waals surface area contributed by atoms with Gasteiger partial charge < -0.3 is 15.0 Å². The Balaban J connectivity index is 0.00000243. The van der Waals surface area contributed by atoms with Crippen molar-refractivity contribution < 1.29 is 13.9 Å². The van der Waals surface area contributed by atoms with Gasteiger partial charge in [-0.2, -0.15) is 0 Å². The first-order valence-electron chi connectivity index (χ1n) is 8.17. The molecule has 1 aliphatic heterocycles. The monoisotopic (exact) mass is 398 g/mol. The molecule has 1 saturated heterocycles. The number of amides is 1. The number of halogens is 3. The van der Waals surface area contributed by atoms with E-state index in [4.69, 9.17) is 16.3 Å². The van der Waals surface area contributed by atoms with Gasteiger partial charge in [0.1, 0.15) is 11.6 Å². The van der Waals surface area contributed by atoms with Crippen LogP contribution in [0.2, 0.25) is 5.02 Å². The lowest BCUT2D eigenvalue weighted by molar-refractivity contribution is -0.133. The van der Waals surface area contributed by atoms with E-state index in [2.05, 4.69) is 5.32 Å². The highest BCUT2D eigenvalue weighted by molar-refractivity contribution is 6.31. The van der Waals surface area contributed by atoms with Gasteiger partial charge in [0.2, 0.25) is 5.91 Å². The summed E-state index contributed by atoms with van der Waals surface area (Å²) in [4.78, 5) is 14.7. The highest BCUT2D eigenvalue weighted by Gasteiger charge is 2.30. The first-order chi connectivity index (χ1) is 12.1. The Bertz CT molecular complexity index is 753. The second kappa shape index (κ2) is 9.21. The van der Waals surface area contributed by atoms with Gasteiger partial charge >= 0.3 is 0 Å². The molecule has 0 aromatic heterocycles. The molecule has 2 aromatic rings. The van der Waals surface area contributed by atoms with Crippen molar-refractivity contribution in [2.75, 3.05) is 26.7 Å².